The van der Waals surface area contributed by atoms with Crippen molar-refractivity contribution in [3.05, 3.63) is 71.8 Å². The minimum absolute atomic E-state index is 0.567. The zero-order valence-corrected chi connectivity index (χ0v) is 13.5. The lowest BCUT2D eigenvalue weighted by atomic mass is 10.1. The number of nitrogens with zero attached hydrogens (tertiary/aromatic N) is 6. The van der Waals surface area contributed by atoms with Gasteiger partial charge in [-0.15, -0.1) is 10.2 Å². The van der Waals surface area contributed by atoms with E-state index in [9.17, 15) is 0 Å². The molecule has 4 rings (SSSR count). The van der Waals surface area contributed by atoms with Gasteiger partial charge in [-0.25, -0.2) is 4.68 Å². The van der Waals surface area contributed by atoms with Crippen molar-refractivity contribution in [1.82, 2.24) is 24.7 Å². The van der Waals surface area contributed by atoms with Crippen LogP contribution in [0.3, 0.4) is 0 Å². The SMILES string of the molecule is Cc1cc(C)n(-c2nncn2/N=C\c2cccc3ccccc23)n1. The van der Waals surface area contributed by atoms with E-state index in [1.807, 2.05) is 50.4 Å². The third-order valence-corrected chi connectivity index (χ3v) is 3.86. The first-order chi connectivity index (χ1) is 11.7. The summed E-state index contributed by atoms with van der Waals surface area (Å²) >= 11 is 0. The van der Waals surface area contributed by atoms with Gasteiger partial charge in [0.2, 0.25) is 0 Å². The Morgan fingerprint density at radius 2 is 1.88 bits per heavy atom. The fourth-order valence-corrected chi connectivity index (χ4v) is 2.76. The van der Waals surface area contributed by atoms with Gasteiger partial charge in [-0.1, -0.05) is 42.5 Å². The maximum atomic E-state index is 4.52. The summed E-state index contributed by atoms with van der Waals surface area (Å²) in [5.74, 6) is 0.567. The first-order valence-corrected chi connectivity index (χ1v) is 7.68. The quantitative estimate of drug-likeness (QED) is 0.546. The van der Waals surface area contributed by atoms with Crippen LogP contribution < -0.4 is 0 Å². The molecule has 0 aliphatic carbocycles. The van der Waals surface area contributed by atoms with Crippen LogP contribution >= 0.6 is 0 Å². The first-order valence-electron chi connectivity index (χ1n) is 7.68. The van der Waals surface area contributed by atoms with Gasteiger partial charge in [0, 0.05) is 11.3 Å². The average Bonchev–Trinajstić information content (AvgIpc) is 3.18. The molecule has 6 heteroatoms. The Hall–Kier alpha value is -3.28. The van der Waals surface area contributed by atoms with Crippen LogP contribution in [0.2, 0.25) is 0 Å². The van der Waals surface area contributed by atoms with Crippen LogP contribution in [-0.2, 0) is 0 Å². The normalized spacial score (nSPS) is 11.6. The molecule has 2 aromatic carbocycles. The molecule has 0 unspecified atom stereocenters. The number of benzene rings is 2. The molecule has 24 heavy (non-hydrogen) atoms. The van der Waals surface area contributed by atoms with Crippen LogP contribution in [0.1, 0.15) is 17.0 Å². The van der Waals surface area contributed by atoms with Gasteiger partial charge < -0.3 is 0 Å². The molecule has 2 heterocycles. The molecule has 0 aliphatic heterocycles. The highest BCUT2D eigenvalue weighted by molar-refractivity contribution is 5.99. The summed E-state index contributed by atoms with van der Waals surface area (Å²) in [5, 5.41) is 19.4. The number of aryl methyl sites for hydroxylation is 2. The molecule has 0 fully saturated rings. The van der Waals surface area contributed by atoms with E-state index < -0.39 is 0 Å². The van der Waals surface area contributed by atoms with Crippen LogP contribution in [0, 0.1) is 13.8 Å². The van der Waals surface area contributed by atoms with E-state index in [1.54, 1.807) is 15.7 Å². The monoisotopic (exact) mass is 316 g/mol. The van der Waals surface area contributed by atoms with Gasteiger partial charge in [0.05, 0.1) is 11.9 Å². The van der Waals surface area contributed by atoms with Crippen LogP contribution in [0.15, 0.2) is 60.0 Å². The van der Waals surface area contributed by atoms with Crippen LogP contribution in [0.25, 0.3) is 16.7 Å². The van der Waals surface area contributed by atoms with Crippen LogP contribution in [0.5, 0.6) is 0 Å². The summed E-state index contributed by atoms with van der Waals surface area (Å²) in [7, 11) is 0. The number of fused-ring (bicyclic) bond motifs is 1. The van der Waals surface area contributed by atoms with Crippen molar-refractivity contribution in [3.63, 3.8) is 0 Å². The maximum absolute atomic E-state index is 4.52. The van der Waals surface area contributed by atoms with Crippen molar-refractivity contribution in [2.75, 3.05) is 0 Å². The van der Waals surface area contributed by atoms with Crippen molar-refractivity contribution in [2.24, 2.45) is 5.10 Å². The number of aromatic nitrogens is 5. The lowest BCUT2D eigenvalue weighted by Crippen LogP contribution is -2.06. The molecule has 0 saturated carbocycles. The Bertz CT molecular complexity index is 1040. The Morgan fingerprint density at radius 1 is 1.04 bits per heavy atom. The van der Waals surface area contributed by atoms with Crippen molar-refractivity contribution < 1.29 is 0 Å². The summed E-state index contributed by atoms with van der Waals surface area (Å²) in [5.41, 5.74) is 2.96. The van der Waals surface area contributed by atoms with E-state index in [-0.39, 0.29) is 0 Å². The third-order valence-electron chi connectivity index (χ3n) is 3.86. The summed E-state index contributed by atoms with van der Waals surface area (Å²) in [6.45, 7) is 3.93. The zero-order valence-electron chi connectivity index (χ0n) is 13.5. The highest BCUT2D eigenvalue weighted by Gasteiger charge is 2.10. The molecule has 0 spiro atoms. The summed E-state index contributed by atoms with van der Waals surface area (Å²) in [6, 6.07) is 16.4. The average molecular weight is 316 g/mol. The van der Waals surface area contributed by atoms with Crippen molar-refractivity contribution in [1.29, 1.82) is 0 Å². The molecule has 2 aromatic heterocycles. The van der Waals surface area contributed by atoms with Gasteiger partial charge in [-0.05, 0) is 30.7 Å². The highest BCUT2D eigenvalue weighted by atomic mass is 15.5. The summed E-state index contributed by atoms with van der Waals surface area (Å²) < 4.78 is 3.37. The van der Waals surface area contributed by atoms with E-state index in [1.165, 1.54) is 5.39 Å². The molecule has 0 amide bonds. The molecule has 0 bridgehead atoms. The van der Waals surface area contributed by atoms with Gasteiger partial charge >= 0.3 is 0 Å². The van der Waals surface area contributed by atoms with E-state index in [2.05, 4.69) is 38.6 Å². The lowest BCUT2D eigenvalue weighted by molar-refractivity contribution is 0.717. The molecule has 0 N–H and O–H groups in total. The molecule has 6 nitrogen and oxygen atoms in total. The standard InChI is InChI=1S/C18H16N6/c1-13-10-14(2)24(22-13)18-21-19-12-23(18)20-11-16-8-5-7-15-6-3-4-9-17(15)16/h3-12H,1-2H3/b20-11-. The van der Waals surface area contributed by atoms with E-state index in [0.29, 0.717) is 5.95 Å². The fraction of sp³-hybridized carbons (Fsp3) is 0.111. The number of hydrogen-bond donors (Lipinski definition) is 0. The second-order valence-electron chi connectivity index (χ2n) is 5.63. The van der Waals surface area contributed by atoms with Crippen LogP contribution in [-0.4, -0.2) is 30.9 Å². The molecule has 118 valence electrons. The Balaban J connectivity index is 1.75. The topological polar surface area (TPSA) is 60.9 Å². The molecule has 0 aliphatic rings. The van der Waals surface area contributed by atoms with Gasteiger partial charge in [0.1, 0.15) is 6.33 Å². The lowest BCUT2D eigenvalue weighted by Gasteiger charge is -2.03. The molecule has 0 radical (unpaired) electrons. The predicted molar refractivity (Wildman–Crippen MR) is 93.6 cm³/mol. The minimum Gasteiger partial charge on any atom is -0.202 e. The van der Waals surface area contributed by atoms with Gasteiger partial charge in [0.15, 0.2) is 0 Å². The largest absolute Gasteiger partial charge is 0.273 e. The molecular formula is C18H16N6. The van der Waals surface area contributed by atoms with Gasteiger partial charge in [0.25, 0.3) is 5.95 Å². The third kappa shape index (κ3) is 2.48. The Morgan fingerprint density at radius 3 is 2.71 bits per heavy atom. The second-order valence-corrected chi connectivity index (χ2v) is 5.63. The first kappa shape index (κ1) is 14.3. The second kappa shape index (κ2) is 5.73. The zero-order chi connectivity index (χ0) is 16.5. The van der Waals surface area contributed by atoms with E-state index in [4.69, 9.17) is 0 Å². The Labute approximate surface area is 139 Å². The smallest absolute Gasteiger partial charge is 0.202 e. The summed E-state index contributed by atoms with van der Waals surface area (Å²) in [6.07, 6.45) is 3.40. The highest BCUT2D eigenvalue weighted by Crippen LogP contribution is 2.17. The van der Waals surface area contributed by atoms with Crippen LogP contribution in [0.4, 0.5) is 0 Å². The van der Waals surface area contributed by atoms with Crippen molar-refractivity contribution in [2.45, 2.75) is 13.8 Å². The van der Waals surface area contributed by atoms with Crippen molar-refractivity contribution >= 4 is 17.0 Å². The fourth-order valence-electron chi connectivity index (χ4n) is 2.76. The van der Waals surface area contributed by atoms with Gasteiger partial charge in [-0.3, -0.25) is 0 Å². The number of rotatable bonds is 3. The molecule has 0 atom stereocenters. The Kier molecular flexibility index (Phi) is 3.42. The summed E-state index contributed by atoms with van der Waals surface area (Å²) in [4.78, 5) is 0. The van der Waals surface area contributed by atoms with E-state index in [0.717, 1.165) is 22.3 Å². The van der Waals surface area contributed by atoms with E-state index >= 15 is 0 Å². The minimum atomic E-state index is 0.567. The molecule has 4 aromatic rings. The number of hydrogen-bond acceptors (Lipinski definition) is 4. The maximum Gasteiger partial charge on any atom is 0.273 e. The predicted octanol–water partition coefficient (Wildman–Crippen LogP) is 3.12. The molecule has 0 saturated heterocycles. The van der Waals surface area contributed by atoms with Crippen molar-refractivity contribution in [3.8, 4) is 5.95 Å². The molecular weight excluding hydrogens is 300 g/mol. The van der Waals surface area contributed by atoms with Gasteiger partial charge in [-0.2, -0.15) is 14.9 Å².